The van der Waals surface area contributed by atoms with Crippen molar-refractivity contribution in [3.63, 3.8) is 0 Å². The lowest BCUT2D eigenvalue weighted by Gasteiger charge is -2.10. The van der Waals surface area contributed by atoms with Gasteiger partial charge in [0, 0.05) is 29.4 Å². The number of nitrogen functional groups attached to an aromatic ring is 1. The molecule has 2 aromatic carbocycles. The zero-order chi connectivity index (χ0) is 23.1. The Morgan fingerprint density at radius 1 is 1.16 bits per heavy atom. The summed E-state index contributed by atoms with van der Waals surface area (Å²) in [6.45, 7) is 1.20. The van der Waals surface area contributed by atoms with Gasteiger partial charge in [-0.15, -0.1) is 0 Å². The van der Waals surface area contributed by atoms with Gasteiger partial charge in [0.1, 0.15) is 17.2 Å². The van der Waals surface area contributed by atoms with Gasteiger partial charge in [-0.1, -0.05) is 0 Å². The maximum absolute atomic E-state index is 14.2. The molecule has 0 fully saturated rings. The fourth-order valence-electron chi connectivity index (χ4n) is 2.37. The number of carbonyl (C=O) groups excluding carboxylic acids is 1. The number of carboxylic acids is 1. The highest BCUT2D eigenvalue weighted by atomic mass is 79.9. The monoisotopic (exact) mass is 489 g/mol. The van der Waals surface area contributed by atoms with E-state index in [1.54, 1.807) is 12.1 Å². The van der Waals surface area contributed by atoms with Crippen molar-refractivity contribution in [1.82, 2.24) is 9.97 Å². The van der Waals surface area contributed by atoms with Gasteiger partial charge >= 0.3 is 5.97 Å². The summed E-state index contributed by atoms with van der Waals surface area (Å²) in [6, 6.07) is 8.83. The van der Waals surface area contributed by atoms with Crippen molar-refractivity contribution in [2.75, 3.05) is 11.1 Å². The molecule has 0 aliphatic rings. The van der Waals surface area contributed by atoms with Crippen LogP contribution in [-0.4, -0.2) is 27.0 Å². The van der Waals surface area contributed by atoms with E-state index >= 15 is 0 Å². The fraction of sp³-hybridized carbons (Fsp3) is 0.0500. The number of anilines is 2. The molecule has 0 aliphatic carbocycles. The third-order valence-corrected chi connectivity index (χ3v) is 4.37. The Bertz CT molecular complexity index is 1180. The minimum atomic E-state index is -1.46. The van der Waals surface area contributed by atoms with Crippen LogP contribution in [0.2, 0.25) is 0 Å². The average molecular weight is 490 g/mol. The molecule has 0 radical (unpaired) electrons. The summed E-state index contributed by atoms with van der Waals surface area (Å²) in [7, 11) is 0. The number of nitrogens with one attached hydrogen (secondary N) is 1. The molecule has 1 aromatic heterocycles. The smallest absolute Gasteiger partial charge is 0.339 e. The van der Waals surface area contributed by atoms with Crippen LogP contribution < -0.4 is 11.1 Å². The average Bonchev–Trinajstić information content (AvgIpc) is 2.73. The molecule has 0 atom stereocenters. The van der Waals surface area contributed by atoms with Crippen molar-refractivity contribution in [3.8, 4) is 17.5 Å². The normalized spacial score (nSPS) is 9.77. The maximum atomic E-state index is 14.2. The van der Waals surface area contributed by atoms with E-state index < -0.39 is 29.1 Å². The number of carboxylic acid groups (broad SMARTS) is 1. The van der Waals surface area contributed by atoms with Crippen LogP contribution >= 0.6 is 15.9 Å². The van der Waals surface area contributed by atoms with Crippen LogP contribution in [0.25, 0.3) is 11.4 Å². The fourth-order valence-corrected chi connectivity index (χ4v) is 2.76. The summed E-state index contributed by atoms with van der Waals surface area (Å²) >= 11 is 3.02. The lowest BCUT2D eigenvalue weighted by Crippen LogP contribution is -2.12. The molecular weight excluding hydrogens is 476 g/mol. The van der Waals surface area contributed by atoms with Gasteiger partial charge in [-0.2, -0.15) is 5.26 Å². The minimum Gasteiger partial charge on any atom is -0.478 e. The second-order valence-electron chi connectivity index (χ2n) is 5.85. The van der Waals surface area contributed by atoms with Crippen LogP contribution in [0.5, 0.6) is 0 Å². The van der Waals surface area contributed by atoms with Gasteiger partial charge in [-0.05, 0) is 46.3 Å². The van der Waals surface area contributed by atoms with Crippen LogP contribution in [-0.2, 0) is 4.79 Å². The topological polar surface area (TPSA) is 142 Å². The van der Waals surface area contributed by atoms with Crippen molar-refractivity contribution < 1.29 is 23.5 Å². The molecule has 0 bridgehead atoms. The van der Waals surface area contributed by atoms with Crippen LogP contribution in [0.1, 0.15) is 22.8 Å². The largest absolute Gasteiger partial charge is 0.478 e. The van der Waals surface area contributed by atoms with Crippen LogP contribution in [0.15, 0.2) is 47.2 Å². The number of nitrogens with zero attached hydrogens (tertiary/aromatic N) is 3. The lowest BCUT2D eigenvalue weighted by atomic mass is 10.0. The molecule has 4 N–H and O–H groups in total. The molecule has 3 rings (SSSR count). The highest BCUT2D eigenvalue weighted by molar-refractivity contribution is 9.10. The van der Waals surface area contributed by atoms with Gasteiger partial charge in [0.05, 0.1) is 11.4 Å². The summed E-state index contributed by atoms with van der Waals surface area (Å²) in [5.41, 5.74) is 4.42. The molecule has 0 saturated heterocycles. The van der Waals surface area contributed by atoms with Crippen LogP contribution in [0.3, 0.4) is 0 Å². The minimum absolute atomic E-state index is 0.00949. The molecule has 0 spiro atoms. The number of nitriles is 1. The van der Waals surface area contributed by atoms with Crippen molar-refractivity contribution >= 4 is 39.2 Å². The zero-order valence-electron chi connectivity index (χ0n) is 15.9. The molecule has 11 heteroatoms. The van der Waals surface area contributed by atoms with E-state index in [4.69, 9.17) is 16.1 Å². The second-order valence-corrected chi connectivity index (χ2v) is 6.70. The Morgan fingerprint density at radius 3 is 2.32 bits per heavy atom. The van der Waals surface area contributed by atoms with E-state index in [0.29, 0.717) is 4.47 Å². The summed E-state index contributed by atoms with van der Waals surface area (Å²) in [6.07, 6.45) is 2.85. The Balaban J connectivity index is 0.000000262. The lowest BCUT2D eigenvalue weighted by molar-refractivity contribution is -0.114. The van der Waals surface area contributed by atoms with Gasteiger partial charge in [-0.25, -0.2) is 23.5 Å². The summed E-state index contributed by atoms with van der Waals surface area (Å²) in [5, 5.41) is 19.8. The maximum Gasteiger partial charge on any atom is 0.339 e. The molecule has 31 heavy (non-hydrogen) atoms. The first-order valence-electron chi connectivity index (χ1n) is 8.41. The highest BCUT2D eigenvalue weighted by Crippen LogP contribution is 2.28. The molecule has 158 valence electrons. The number of hydrogen-bond donors (Lipinski definition) is 3. The highest BCUT2D eigenvalue weighted by Gasteiger charge is 2.22. The molecule has 1 heterocycles. The van der Waals surface area contributed by atoms with Crippen molar-refractivity contribution in [2.24, 2.45) is 0 Å². The van der Waals surface area contributed by atoms with Gasteiger partial charge in [0.15, 0.2) is 17.5 Å². The number of rotatable bonds is 3. The Hall–Kier alpha value is -3.91. The quantitative estimate of drug-likeness (QED) is 0.472. The summed E-state index contributed by atoms with van der Waals surface area (Å²) in [4.78, 5) is 30.0. The summed E-state index contributed by atoms with van der Waals surface area (Å²) in [5.74, 6) is -3.56. The van der Waals surface area contributed by atoms with Crippen molar-refractivity contribution in [2.45, 2.75) is 6.92 Å². The number of aromatic nitrogens is 2. The third kappa shape index (κ3) is 5.58. The Labute approximate surface area is 183 Å². The molecule has 0 aliphatic heterocycles. The van der Waals surface area contributed by atoms with E-state index in [9.17, 15) is 18.4 Å². The van der Waals surface area contributed by atoms with E-state index in [1.165, 1.54) is 43.6 Å². The molecular formula is C20H14BrF2N5O3. The zero-order valence-corrected chi connectivity index (χ0v) is 17.4. The summed E-state index contributed by atoms with van der Waals surface area (Å²) < 4.78 is 27.5. The van der Waals surface area contributed by atoms with Crippen LogP contribution in [0.4, 0.5) is 20.2 Å². The number of halogens is 3. The van der Waals surface area contributed by atoms with Gasteiger partial charge < -0.3 is 16.2 Å². The number of aromatic carboxylic acids is 1. The number of benzene rings is 2. The standard InChI is InChI=1S/C13H10FN3O3.C7H4BrFN2/c1-7(18)17-9-4-3-8(10(11(9)14)13(19)20)12-15-5-2-6-16-12;8-5-1-2-6(11)7(9)4(5)3-10/h2-6H,1H3,(H,17,18)(H,19,20);1-2H,11H2. The number of amides is 1. The molecule has 1 amide bonds. The number of carbonyl (C=O) groups is 2. The molecule has 8 nitrogen and oxygen atoms in total. The number of nitrogens with two attached hydrogens (primary N) is 1. The van der Waals surface area contributed by atoms with Crippen molar-refractivity contribution in [1.29, 1.82) is 5.26 Å². The molecule has 0 saturated carbocycles. The number of hydrogen-bond acceptors (Lipinski definition) is 6. The first-order chi connectivity index (χ1) is 14.7. The molecule has 3 aromatic rings. The van der Waals surface area contributed by atoms with E-state index in [0.717, 1.165) is 0 Å². The SMILES string of the molecule is CC(=O)Nc1ccc(-c2ncccn2)c(C(=O)O)c1F.N#Cc1c(Br)ccc(N)c1F. The first-order valence-corrected chi connectivity index (χ1v) is 9.21. The third-order valence-electron chi connectivity index (χ3n) is 3.71. The van der Waals surface area contributed by atoms with Crippen LogP contribution in [0, 0.1) is 23.0 Å². The first kappa shape index (κ1) is 23.4. The Kier molecular flexibility index (Phi) is 7.70. The van der Waals surface area contributed by atoms with Gasteiger partial charge in [0.2, 0.25) is 5.91 Å². The van der Waals surface area contributed by atoms with Crippen molar-refractivity contribution in [3.05, 3.63) is 70.0 Å². The Morgan fingerprint density at radius 2 is 1.81 bits per heavy atom. The predicted molar refractivity (Wildman–Crippen MR) is 112 cm³/mol. The van der Waals surface area contributed by atoms with Gasteiger partial charge in [0.25, 0.3) is 0 Å². The van der Waals surface area contributed by atoms with E-state index in [1.807, 2.05) is 0 Å². The molecule has 0 unspecified atom stereocenters. The van der Waals surface area contributed by atoms with E-state index in [2.05, 4.69) is 31.2 Å². The van der Waals surface area contributed by atoms with Gasteiger partial charge in [-0.3, -0.25) is 4.79 Å². The second kappa shape index (κ2) is 10.2. The predicted octanol–water partition coefficient (Wildman–Crippen LogP) is 3.98. The van der Waals surface area contributed by atoms with E-state index in [-0.39, 0.29) is 28.3 Å².